The number of morpholine rings is 1. The summed E-state index contributed by atoms with van der Waals surface area (Å²) in [5, 5.41) is 17.7. The summed E-state index contributed by atoms with van der Waals surface area (Å²) in [5.74, 6) is 0.383. The number of amides is 1. The summed E-state index contributed by atoms with van der Waals surface area (Å²) in [6, 6.07) is 9.67. The second-order valence-electron chi connectivity index (χ2n) is 8.02. The van der Waals surface area contributed by atoms with E-state index in [0.717, 1.165) is 11.4 Å². The molecule has 0 spiro atoms. The van der Waals surface area contributed by atoms with E-state index in [9.17, 15) is 9.90 Å². The summed E-state index contributed by atoms with van der Waals surface area (Å²) in [6.07, 6.45) is 4.30. The Morgan fingerprint density at radius 3 is 2.89 bits per heavy atom. The Balaban J connectivity index is 1.52. The van der Waals surface area contributed by atoms with Gasteiger partial charge in [0.05, 0.1) is 42.3 Å². The summed E-state index contributed by atoms with van der Waals surface area (Å²) >= 11 is 0. The number of ether oxygens (including phenoxy) is 1. The van der Waals surface area contributed by atoms with E-state index in [1.54, 1.807) is 10.7 Å². The van der Waals surface area contributed by atoms with Crippen molar-refractivity contribution >= 4 is 5.91 Å². The molecule has 1 aromatic carbocycles. The van der Waals surface area contributed by atoms with E-state index in [1.165, 1.54) is 12.8 Å². The minimum absolute atomic E-state index is 0.0837. The number of likely N-dealkylation sites (N-methyl/N-ethyl adjacent to an activating group) is 1. The molecule has 1 aliphatic carbocycles. The second kappa shape index (κ2) is 7.66. The summed E-state index contributed by atoms with van der Waals surface area (Å²) < 4.78 is 7.43. The molecule has 1 aliphatic heterocycles. The smallest absolute Gasteiger partial charge is 0.253 e. The van der Waals surface area contributed by atoms with Crippen molar-refractivity contribution in [3.05, 3.63) is 47.8 Å². The molecule has 0 unspecified atom stereocenters. The molecule has 150 valence electrons. The van der Waals surface area contributed by atoms with Crippen LogP contribution in [-0.2, 0) is 4.74 Å². The maximum Gasteiger partial charge on any atom is 0.253 e. The van der Waals surface area contributed by atoms with E-state index >= 15 is 0 Å². The highest BCUT2D eigenvalue weighted by atomic mass is 16.5. The third-order valence-corrected chi connectivity index (χ3v) is 6.01. The van der Waals surface area contributed by atoms with Crippen LogP contribution in [0.3, 0.4) is 0 Å². The SMILES string of the molecule is C[C@@H]1COC[C@@](CO)(CNC(=O)c2ccccc2-n2ccc(C3CC3)n2)N1C. The highest BCUT2D eigenvalue weighted by molar-refractivity contribution is 5.97. The quantitative estimate of drug-likeness (QED) is 0.790. The average molecular weight is 384 g/mol. The standard InChI is InChI=1S/C21H28N4O3/c1-15-11-28-14-21(13-26,24(15)2)12-22-20(27)17-5-3-4-6-19(17)25-10-9-18(23-25)16-7-8-16/h3-6,9-10,15-16,26H,7-8,11-14H2,1-2H3,(H,22,27)/t15-,21+/m1/s1. The minimum Gasteiger partial charge on any atom is -0.394 e. The normalized spacial score (nSPS) is 25.6. The molecule has 0 bridgehead atoms. The number of hydrogen-bond donors (Lipinski definition) is 2. The lowest BCUT2D eigenvalue weighted by Gasteiger charge is -2.47. The third kappa shape index (κ3) is 3.57. The predicted molar refractivity (Wildman–Crippen MR) is 106 cm³/mol. The zero-order chi connectivity index (χ0) is 19.7. The first kappa shape index (κ1) is 19.1. The third-order valence-electron chi connectivity index (χ3n) is 6.01. The fourth-order valence-corrected chi connectivity index (χ4v) is 3.76. The van der Waals surface area contributed by atoms with Gasteiger partial charge in [-0.3, -0.25) is 9.69 Å². The lowest BCUT2D eigenvalue weighted by molar-refractivity contribution is -0.105. The van der Waals surface area contributed by atoms with Gasteiger partial charge in [-0.25, -0.2) is 4.68 Å². The maximum absolute atomic E-state index is 13.0. The van der Waals surface area contributed by atoms with Crippen LogP contribution < -0.4 is 5.32 Å². The highest BCUT2D eigenvalue weighted by Gasteiger charge is 2.40. The van der Waals surface area contributed by atoms with Crippen LogP contribution in [0.25, 0.3) is 5.69 Å². The molecule has 2 atom stereocenters. The number of aromatic nitrogens is 2. The van der Waals surface area contributed by atoms with Gasteiger partial charge in [0.2, 0.25) is 0 Å². The fraction of sp³-hybridized carbons (Fsp3) is 0.524. The predicted octanol–water partition coefficient (Wildman–Crippen LogP) is 1.56. The van der Waals surface area contributed by atoms with Crippen LogP contribution in [0, 0.1) is 0 Å². The van der Waals surface area contributed by atoms with Crippen molar-refractivity contribution in [3.63, 3.8) is 0 Å². The average Bonchev–Trinajstić information content (AvgIpc) is 3.46. The molecule has 4 rings (SSSR count). The largest absolute Gasteiger partial charge is 0.394 e. The molecule has 2 fully saturated rings. The van der Waals surface area contributed by atoms with Crippen LogP contribution in [0.5, 0.6) is 0 Å². The molecule has 7 nitrogen and oxygen atoms in total. The van der Waals surface area contributed by atoms with Gasteiger partial charge in [0.1, 0.15) is 0 Å². The van der Waals surface area contributed by atoms with E-state index in [-0.39, 0.29) is 18.6 Å². The lowest BCUT2D eigenvalue weighted by Crippen LogP contribution is -2.65. The first-order valence-electron chi connectivity index (χ1n) is 9.89. The zero-order valence-electron chi connectivity index (χ0n) is 16.5. The summed E-state index contributed by atoms with van der Waals surface area (Å²) in [7, 11) is 1.96. The van der Waals surface area contributed by atoms with Gasteiger partial charge < -0.3 is 15.2 Å². The van der Waals surface area contributed by atoms with Crippen LogP contribution >= 0.6 is 0 Å². The lowest BCUT2D eigenvalue weighted by atomic mass is 9.95. The molecule has 2 heterocycles. The van der Waals surface area contributed by atoms with Gasteiger partial charge in [-0.15, -0.1) is 0 Å². The van der Waals surface area contributed by atoms with Crippen molar-refractivity contribution in [1.29, 1.82) is 0 Å². The number of aliphatic hydroxyl groups is 1. The van der Waals surface area contributed by atoms with Gasteiger partial charge in [0.15, 0.2) is 0 Å². The van der Waals surface area contributed by atoms with Gasteiger partial charge in [0, 0.05) is 24.7 Å². The second-order valence-corrected chi connectivity index (χ2v) is 8.02. The number of hydrogen-bond acceptors (Lipinski definition) is 5. The highest BCUT2D eigenvalue weighted by Crippen LogP contribution is 2.39. The van der Waals surface area contributed by atoms with E-state index in [2.05, 4.69) is 22.2 Å². The van der Waals surface area contributed by atoms with Crippen molar-refractivity contribution in [3.8, 4) is 5.69 Å². The molecule has 1 aromatic heterocycles. The van der Waals surface area contributed by atoms with Gasteiger partial charge in [-0.1, -0.05) is 12.1 Å². The first-order chi connectivity index (χ1) is 13.5. The number of carbonyl (C=O) groups is 1. The summed E-state index contributed by atoms with van der Waals surface area (Å²) in [4.78, 5) is 15.1. The van der Waals surface area contributed by atoms with Gasteiger partial charge in [0.25, 0.3) is 5.91 Å². The van der Waals surface area contributed by atoms with Gasteiger partial charge in [-0.05, 0) is 45.0 Å². The van der Waals surface area contributed by atoms with Crippen LogP contribution in [0.15, 0.2) is 36.5 Å². The topological polar surface area (TPSA) is 79.6 Å². The zero-order valence-corrected chi connectivity index (χ0v) is 16.5. The summed E-state index contributed by atoms with van der Waals surface area (Å²) in [6.45, 7) is 3.29. The number of nitrogens with zero attached hydrogens (tertiary/aromatic N) is 3. The Labute approximate surface area is 165 Å². The molecular formula is C21H28N4O3. The Kier molecular flexibility index (Phi) is 5.23. The van der Waals surface area contributed by atoms with E-state index in [1.807, 2.05) is 37.5 Å². The van der Waals surface area contributed by atoms with Gasteiger partial charge >= 0.3 is 0 Å². The number of aliphatic hydroxyl groups excluding tert-OH is 1. The molecule has 2 aromatic rings. The molecule has 1 amide bonds. The van der Waals surface area contributed by atoms with E-state index in [0.29, 0.717) is 31.2 Å². The van der Waals surface area contributed by atoms with Crippen molar-refractivity contribution in [2.24, 2.45) is 0 Å². The van der Waals surface area contributed by atoms with E-state index < -0.39 is 5.54 Å². The van der Waals surface area contributed by atoms with Gasteiger partial charge in [-0.2, -0.15) is 5.10 Å². The number of para-hydroxylation sites is 1. The van der Waals surface area contributed by atoms with Crippen molar-refractivity contribution in [2.45, 2.75) is 37.3 Å². The molecule has 1 saturated heterocycles. The molecular weight excluding hydrogens is 356 g/mol. The van der Waals surface area contributed by atoms with Crippen LogP contribution in [0.4, 0.5) is 0 Å². The maximum atomic E-state index is 13.0. The van der Waals surface area contributed by atoms with Crippen LogP contribution in [0.1, 0.15) is 41.7 Å². The number of nitrogens with one attached hydrogen (secondary N) is 1. The fourth-order valence-electron chi connectivity index (χ4n) is 3.76. The van der Waals surface area contributed by atoms with Crippen LogP contribution in [0.2, 0.25) is 0 Å². The Bertz CT molecular complexity index is 848. The van der Waals surface area contributed by atoms with Crippen molar-refractivity contribution < 1.29 is 14.6 Å². The molecule has 0 radical (unpaired) electrons. The minimum atomic E-state index is -0.618. The Hall–Kier alpha value is -2.22. The molecule has 28 heavy (non-hydrogen) atoms. The number of benzene rings is 1. The molecule has 2 N–H and O–H groups in total. The van der Waals surface area contributed by atoms with Crippen LogP contribution in [-0.4, -0.2) is 70.7 Å². The van der Waals surface area contributed by atoms with Crippen molar-refractivity contribution in [1.82, 2.24) is 20.0 Å². The number of carbonyl (C=O) groups excluding carboxylic acids is 1. The molecule has 2 aliphatic rings. The monoisotopic (exact) mass is 384 g/mol. The molecule has 1 saturated carbocycles. The Morgan fingerprint density at radius 2 is 2.14 bits per heavy atom. The molecule has 7 heteroatoms. The first-order valence-corrected chi connectivity index (χ1v) is 9.89. The summed E-state index contributed by atoms with van der Waals surface area (Å²) in [5.41, 5.74) is 1.79. The van der Waals surface area contributed by atoms with Crippen molar-refractivity contribution in [2.75, 3.05) is 33.4 Å². The van der Waals surface area contributed by atoms with E-state index in [4.69, 9.17) is 4.74 Å². The Morgan fingerprint density at radius 1 is 1.36 bits per heavy atom. The number of rotatable bonds is 6.